The normalized spacial score (nSPS) is 22.3. The van der Waals surface area contributed by atoms with Crippen LogP contribution in [-0.4, -0.2) is 64.0 Å². The van der Waals surface area contributed by atoms with Crippen LogP contribution in [0.25, 0.3) is 5.69 Å². The van der Waals surface area contributed by atoms with E-state index in [1.165, 1.54) is 0 Å². The van der Waals surface area contributed by atoms with E-state index in [2.05, 4.69) is 36.8 Å². The predicted molar refractivity (Wildman–Crippen MR) is 96.4 cm³/mol. The van der Waals surface area contributed by atoms with Crippen molar-refractivity contribution in [1.29, 1.82) is 0 Å². The molecule has 2 aliphatic heterocycles. The number of amides is 1. The van der Waals surface area contributed by atoms with E-state index >= 15 is 0 Å². The lowest BCUT2D eigenvalue weighted by Crippen LogP contribution is -2.56. The topological polar surface area (TPSA) is 53.4 Å². The van der Waals surface area contributed by atoms with E-state index in [9.17, 15) is 4.79 Å². The number of nitrogens with one attached hydrogen (secondary N) is 1. The zero-order chi connectivity index (χ0) is 17.1. The van der Waals surface area contributed by atoms with Crippen molar-refractivity contribution in [2.45, 2.75) is 25.4 Å². The molecule has 0 bridgehead atoms. The number of carbonyl (C=O) groups excluding carboxylic acids is 1. The summed E-state index contributed by atoms with van der Waals surface area (Å²) < 4.78 is 2.15. The summed E-state index contributed by atoms with van der Waals surface area (Å²) in [5, 5.41) is 3.16. The van der Waals surface area contributed by atoms with Crippen molar-refractivity contribution in [3.63, 3.8) is 0 Å². The van der Waals surface area contributed by atoms with Gasteiger partial charge in [-0.05, 0) is 31.5 Å². The first-order valence-corrected chi connectivity index (χ1v) is 9.11. The summed E-state index contributed by atoms with van der Waals surface area (Å²) in [6, 6.07) is 10.7. The molecule has 1 aromatic carbocycles. The van der Waals surface area contributed by atoms with Gasteiger partial charge >= 0.3 is 0 Å². The van der Waals surface area contributed by atoms with Crippen LogP contribution >= 0.6 is 0 Å². The van der Waals surface area contributed by atoms with Crippen LogP contribution in [0.1, 0.15) is 18.7 Å². The lowest BCUT2D eigenvalue weighted by atomic mass is 10.0. The van der Waals surface area contributed by atoms with Crippen molar-refractivity contribution in [3.05, 3.63) is 48.5 Å². The minimum Gasteiger partial charge on any atom is -0.336 e. The fourth-order valence-electron chi connectivity index (χ4n) is 3.91. The molecule has 0 spiro atoms. The molecule has 1 aromatic heterocycles. The highest BCUT2D eigenvalue weighted by molar-refractivity contribution is 5.79. The van der Waals surface area contributed by atoms with Crippen molar-refractivity contribution in [2.24, 2.45) is 0 Å². The van der Waals surface area contributed by atoms with E-state index in [4.69, 9.17) is 0 Å². The third-order valence-corrected chi connectivity index (χ3v) is 5.16. The van der Waals surface area contributed by atoms with Gasteiger partial charge in [0.05, 0.1) is 13.1 Å². The van der Waals surface area contributed by atoms with Gasteiger partial charge in [0.1, 0.15) is 5.82 Å². The number of para-hydroxylation sites is 1. The average molecular weight is 339 g/mol. The zero-order valence-electron chi connectivity index (χ0n) is 14.5. The number of nitrogens with zero attached hydrogens (tertiary/aromatic N) is 4. The standard InChI is InChI=1S/C19H25N5O/c25-19-13-20-8-11-24(19)17-7-4-10-22(14-17)15-18-21-9-12-23(18)16-5-2-1-3-6-16/h1-3,5-6,9,12,17,20H,4,7-8,10-11,13-15H2. The molecule has 6 heteroatoms. The average Bonchev–Trinajstić information content (AvgIpc) is 3.11. The second-order valence-electron chi connectivity index (χ2n) is 6.84. The van der Waals surface area contributed by atoms with E-state index in [1.807, 2.05) is 30.6 Å². The maximum absolute atomic E-state index is 12.2. The number of likely N-dealkylation sites (tertiary alicyclic amines) is 1. The van der Waals surface area contributed by atoms with Crippen molar-refractivity contribution in [2.75, 3.05) is 32.7 Å². The molecule has 1 amide bonds. The minimum absolute atomic E-state index is 0.240. The molecule has 4 rings (SSSR count). The quantitative estimate of drug-likeness (QED) is 0.911. The molecule has 1 atom stereocenters. The lowest BCUT2D eigenvalue weighted by molar-refractivity contribution is -0.135. The maximum atomic E-state index is 12.2. The van der Waals surface area contributed by atoms with Gasteiger partial charge in [0.2, 0.25) is 5.91 Å². The van der Waals surface area contributed by atoms with Gasteiger partial charge in [-0.2, -0.15) is 0 Å². The SMILES string of the molecule is O=C1CNCCN1C1CCCN(Cc2nccn2-c2ccccc2)C1. The molecule has 2 fully saturated rings. The largest absolute Gasteiger partial charge is 0.336 e. The summed E-state index contributed by atoms with van der Waals surface area (Å²) in [7, 11) is 0. The first kappa shape index (κ1) is 16.3. The van der Waals surface area contributed by atoms with Crippen LogP contribution in [0.4, 0.5) is 0 Å². The number of hydrogen-bond donors (Lipinski definition) is 1. The first-order valence-electron chi connectivity index (χ1n) is 9.11. The van der Waals surface area contributed by atoms with Crippen LogP contribution < -0.4 is 5.32 Å². The van der Waals surface area contributed by atoms with Crippen molar-refractivity contribution >= 4 is 5.91 Å². The molecule has 1 unspecified atom stereocenters. The molecule has 0 radical (unpaired) electrons. The second kappa shape index (κ2) is 7.37. The molecule has 2 aliphatic rings. The molecule has 1 N–H and O–H groups in total. The summed E-state index contributed by atoms with van der Waals surface area (Å²) in [5.74, 6) is 1.29. The number of aromatic nitrogens is 2. The van der Waals surface area contributed by atoms with E-state index < -0.39 is 0 Å². The van der Waals surface area contributed by atoms with Crippen LogP contribution in [0, 0.1) is 0 Å². The third kappa shape index (κ3) is 3.60. The predicted octanol–water partition coefficient (Wildman–Crippen LogP) is 1.27. The van der Waals surface area contributed by atoms with Crippen molar-refractivity contribution in [1.82, 2.24) is 24.7 Å². The Kier molecular flexibility index (Phi) is 4.81. The van der Waals surface area contributed by atoms with Gasteiger partial charge in [-0.1, -0.05) is 18.2 Å². The van der Waals surface area contributed by atoms with Gasteiger partial charge in [0.25, 0.3) is 0 Å². The van der Waals surface area contributed by atoms with E-state index in [1.54, 1.807) is 0 Å². The van der Waals surface area contributed by atoms with Gasteiger partial charge in [0.15, 0.2) is 0 Å². The molecule has 2 aromatic rings. The number of hydrogen-bond acceptors (Lipinski definition) is 4. The van der Waals surface area contributed by atoms with Crippen LogP contribution in [0.2, 0.25) is 0 Å². The number of piperidine rings is 1. The van der Waals surface area contributed by atoms with E-state index in [0.717, 1.165) is 57.1 Å². The number of benzene rings is 1. The van der Waals surface area contributed by atoms with Gasteiger partial charge in [0, 0.05) is 43.8 Å². The Balaban J connectivity index is 1.45. The van der Waals surface area contributed by atoms with Crippen LogP contribution in [0.15, 0.2) is 42.7 Å². The minimum atomic E-state index is 0.240. The van der Waals surface area contributed by atoms with Gasteiger partial charge < -0.3 is 14.8 Å². The van der Waals surface area contributed by atoms with Crippen molar-refractivity contribution < 1.29 is 4.79 Å². The highest BCUT2D eigenvalue weighted by atomic mass is 16.2. The summed E-state index contributed by atoms with van der Waals surface area (Å²) >= 11 is 0. The molecule has 3 heterocycles. The molecule has 132 valence electrons. The fourth-order valence-corrected chi connectivity index (χ4v) is 3.91. The number of carbonyl (C=O) groups is 1. The molecular weight excluding hydrogens is 314 g/mol. The Labute approximate surface area is 148 Å². The first-order chi connectivity index (χ1) is 12.3. The van der Waals surface area contributed by atoms with Crippen LogP contribution in [0.5, 0.6) is 0 Å². The molecule has 2 saturated heterocycles. The maximum Gasteiger partial charge on any atom is 0.236 e. The summed E-state index contributed by atoms with van der Waals surface area (Å²) in [6.07, 6.45) is 6.12. The second-order valence-corrected chi connectivity index (χ2v) is 6.84. The number of rotatable bonds is 4. The van der Waals surface area contributed by atoms with E-state index in [-0.39, 0.29) is 5.91 Å². The fraction of sp³-hybridized carbons (Fsp3) is 0.474. The highest BCUT2D eigenvalue weighted by Gasteiger charge is 2.30. The van der Waals surface area contributed by atoms with Crippen LogP contribution in [-0.2, 0) is 11.3 Å². The van der Waals surface area contributed by atoms with Crippen LogP contribution in [0.3, 0.4) is 0 Å². The Hall–Kier alpha value is -2.18. The molecule has 25 heavy (non-hydrogen) atoms. The monoisotopic (exact) mass is 339 g/mol. The van der Waals surface area contributed by atoms with Gasteiger partial charge in [-0.15, -0.1) is 0 Å². The molecule has 0 aliphatic carbocycles. The highest BCUT2D eigenvalue weighted by Crippen LogP contribution is 2.19. The number of imidazole rings is 1. The summed E-state index contributed by atoms with van der Waals surface area (Å²) in [5.41, 5.74) is 1.14. The Morgan fingerprint density at radius 1 is 1.20 bits per heavy atom. The Morgan fingerprint density at radius 2 is 2.08 bits per heavy atom. The third-order valence-electron chi connectivity index (χ3n) is 5.16. The summed E-state index contributed by atoms with van der Waals surface area (Å²) in [6.45, 7) is 5.04. The smallest absolute Gasteiger partial charge is 0.236 e. The molecule has 0 saturated carbocycles. The van der Waals surface area contributed by atoms with Gasteiger partial charge in [-0.3, -0.25) is 9.69 Å². The number of piperazine rings is 1. The molecule has 6 nitrogen and oxygen atoms in total. The molecular formula is C19H25N5O. The van der Waals surface area contributed by atoms with Gasteiger partial charge in [-0.25, -0.2) is 4.98 Å². The summed E-state index contributed by atoms with van der Waals surface area (Å²) in [4.78, 5) is 21.3. The van der Waals surface area contributed by atoms with E-state index in [0.29, 0.717) is 12.6 Å². The Bertz CT molecular complexity index is 714. The zero-order valence-corrected chi connectivity index (χ0v) is 14.5. The lowest BCUT2D eigenvalue weighted by Gasteiger charge is -2.41. The van der Waals surface area contributed by atoms with Crippen molar-refractivity contribution in [3.8, 4) is 5.69 Å². The Morgan fingerprint density at radius 3 is 2.92 bits per heavy atom.